The number of halogens is 1. The van der Waals surface area contributed by atoms with E-state index in [4.69, 9.17) is 16.3 Å². The molecule has 0 saturated heterocycles. The Bertz CT molecular complexity index is 555. The average Bonchev–Trinajstić information content (AvgIpc) is 2.86. The summed E-state index contributed by atoms with van der Waals surface area (Å²) < 4.78 is 7.21. The smallest absolute Gasteiger partial charge is 0.132 e. The first-order valence-electron chi connectivity index (χ1n) is 6.03. The quantitative estimate of drug-likeness (QED) is 0.853. The molecule has 0 aliphatic heterocycles. The number of rotatable bonds is 5. The number of likely N-dealkylation sites (N-methyl/N-ethyl adjacent to an activating group) is 1. The van der Waals surface area contributed by atoms with Crippen molar-refractivity contribution in [1.82, 2.24) is 20.1 Å². The number of aromatic nitrogens is 3. The van der Waals surface area contributed by atoms with Crippen LogP contribution in [0.5, 0.6) is 5.75 Å². The van der Waals surface area contributed by atoms with Gasteiger partial charge in [0.05, 0.1) is 19.9 Å². The molecule has 0 fully saturated rings. The normalized spacial score (nSPS) is 12.4. The first-order chi connectivity index (χ1) is 9.13. The molecule has 2 aromatic rings. The van der Waals surface area contributed by atoms with Crippen molar-refractivity contribution in [2.75, 3.05) is 14.2 Å². The minimum absolute atomic E-state index is 0.359. The summed E-state index contributed by atoms with van der Waals surface area (Å²) in [5, 5.41) is 7.93. The van der Waals surface area contributed by atoms with Crippen LogP contribution in [0.15, 0.2) is 24.7 Å². The van der Waals surface area contributed by atoms with Gasteiger partial charge in [0.25, 0.3) is 0 Å². The van der Waals surface area contributed by atoms with E-state index in [0.29, 0.717) is 16.9 Å². The maximum absolute atomic E-state index is 5.86. The Morgan fingerprint density at radius 3 is 2.95 bits per heavy atom. The predicted molar refractivity (Wildman–Crippen MR) is 75.5 cm³/mol. The summed E-state index contributed by atoms with van der Waals surface area (Å²) in [6, 6.07) is 2.06. The van der Waals surface area contributed by atoms with Crippen LogP contribution in [-0.4, -0.2) is 35.0 Å². The van der Waals surface area contributed by atoms with Crippen molar-refractivity contribution in [3.8, 4) is 16.9 Å². The van der Waals surface area contributed by atoms with Crippen LogP contribution in [0, 0.1) is 0 Å². The second-order valence-corrected chi connectivity index (χ2v) is 4.74. The molecule has 0 saturated carbocycles. The van der Waals surface area contributed by atoms with Gasteiger partial charge in [-0.25, -0.2) is 4.98 Å². The standard InChI is InChI=1S/C13H17ClN4O/c1-9(15-2)7-18-8-10(5-17-18)11-6-16-13(14)4-12(11)19-3/h4-6,8-9,15H,7H2,1-3H3. The Kier molecular flexibility index (Phi) is 4.39. The molecule has 1 N–H and O–H groups in total. The summed E-state index contributed by atoms with van der Waals surface area (Å²) in [4.78, 5) is 4.09. The maximum atomic E-state index is 5.86. The van der Waals surface area contributed by atoms with E-state index in [1.54, 1.807) is 25.6 Å². The van der Waals surface area contributed by atoms with Gasteiger partial charge in [-0.3, -0.25) is 4.68 Å². The number of pyridine rings is 1. The zero-order valence-electron chi connectivity index (χ0n) is 11.2. The molecule has 102 valence electrons. The number of nitrogens with one attached hydrogen (secondary N) is 1. The highest BCUT2D eigenvalue weighted by molar-refractivity contribution is 6.29. The topological polar surface area (TPSA) is 52.0 Å². The molecule has 0 radical (unpaired) electrons. The van der Waals surface area contributed by atoms with Crippen LogP contribution >= 0.6 is 11.6 Å². The highest BCUT2D eigenvalue weighted by atomic mass is 35.5. The minimum atomic E-state index is 0.359. The van der Waals surface area contributed by atoms with Crippen molar-refractivity contribution in [2.24, 2.45) is 0 Å². The molecule has 2 rings (SSSR count). The van der Waals surface area contributed by atoms with Crippen molar-refractivity contribution in [3.05, 3.63) is 29.8 Å². The molecule has 0 aliphatic carbocycles. The van der Waals surface area contributed by atoms with Crippen molar-refractivity contribution < 1.29 is 4.74 Å². The number of nitrogens with zero attached hydrogens (tertiary/aromatic N) is 3. The first kappa shape index (κ1) is 13.8. The summed E-state index contributed by atoms with van der Waals surface area (Å²) >= 11 is 5.86. The lowest BCUT2D eigenvalue weighted by atomic mass is 10.1. The van der Waals surface area contributed by atoms with Crippen LogP contribution in [0.25, 0.3) is 11.1 Å². The third-order valence-corrected chi connectivity index (χ3v) is 3.16. The fraction of sp³-hybridized carbons (Fsp3) is 0.385. The molecule has 1 unspecified atom stereocenters. The minimum Gasteiger partial charge on any atom is -0.496 e. The summed E-state index contributed by atoms with van der Waals surface area (Å²) in [6.45, 7) is 2.91. The zero-order valence-corrected chi connectivity index (χ0v) is 12.0. The van der Waals surface area contributed by atoms with E-state index in [1.807, 2.05) is 17.9 Å². The van der Waals surface area contributed by atoms with Crippen molar-refractivity contribution in [2.45, 2.75) is 19.5 Å². The van der Waals surface area contributed by atoms with E-state index in [1.165, 1.54) is 0 Å². The van der Waals surface area contributed by atoms with Gasteiger partial charge in [-0.2, -0.15) is 5.10 Å². The lowest BCUT2D eigenvalue weighted by Gasteiger charge is -2.09. The predicted octanol–water partition coefficient (Wildman–Crippen LogP) is 2.21. The van der Waals surface area contributed by atoms with Gasteiger partial charge in [-0.1, -0.05) is 11.6 Å². The Hall–Kier alpha value is -1.59. The number of methoxy groups -OCH3 is 1. The molecular weight excluding hydrogens is 264 g/mol. The molecule has 6 heteroatoms. The van der Waals surface area contributed by atoms with Gasteiger partial charge in [-0.05, 0) is 14.0 Å². The second kappa shape index (κ2) is 6.04. The van der Waals surface area contributed by atoms with E-state index in [2.05, 4.69) is 22.3 Å². The van der Waals surface area contributed by atoms with Crippen LogP contribution in [-0.2, 0) is 6.54 Å². The second-order valence-electron chi connectivity index (χ2n) is 4.35. The Morgan fingerprint density at radius 2 is 2.26 bits per heavy atom. The lowest BCUT2D eigenvalue weighted by Crippen LogP contribution is -2.26. The summed E-state index contributed by atoms with van der Waals surface area (Å²) in [6.07, 6.45) is 5.47. The highest BCUT2D eigenvalue weighted by Gasteiger charge is 2.10. The third kappa shape index (κ3) is 3.24. The van der Waals surface area contributed by atoms with Gasteiger partial charge in [0.1, 0.15) is 10.9 Å². The molecule has 0 aliphatic rings. The average molecular weight is 281 g/mol. The fourth-order valence-electron chi connectivity index (χ4n) is 1.77. The number of hydrogen-bond donors (Lipinski definition) is 1. The van der Waals surface area contributed by atoms with E-state index in [9.17, 15) is 0 Å². The van der Waals surface area contributed by atoms with Gasteiger partial charge in [0, 0.05) is 35.6 Å². The number of ether oxygens (including phenoxy) is 1. The van der Waals surface area contributed by atoms with Gasteiger partial charge in [-0.15, -0.1) is 0 Å². The Morgan fingerprint density at radius 1 is 1.47 bits per heavy atom. The SMILES string of the molecule is CNC(C)Cn1cc(-c2cnc(Cl)cc2OC)cn1. The first-order valence-corrected chi connectivity index (χ1v) is 6.41. The van der Waals surface area contributed by atoms with E-state index in [0.717, 1.165) is 17.7 Å². The molecule has 0 bridgehead atoms. The van der Waals surface area contributed by atoms with Crippen LogP contribution in [0.2, 0.25) is 5.15 Å². The van der Waals surface area contributed by atoms with Crippen molar-refractivity contribution >= 4 is 11.6 Å². The molecule has 0 aromatic carbocycles. The van der Waals surface area contributed by atoms with Crippen molar-refractivity contribution in [3.63, 3.8) is 0 Å². The highest BCUT2D eigenvalue weighted by Crippen LogP contribution is 2.30. The molecule has 1 atom stereocenters. The van der Waals surface area contributed by atoms with Crippen LogP contribution in [0.1, 0.15) is 6.92 Å². The number of hydrogen-bond acceptors (Lipinski definition) is 4. The summed E-state index contributed by atoms with van der Waals surface area (Å²) in [5.74, 6) is 0.696. The largest absolute Gasteiger partial charge is 0.496 e. The van der Waals surface area contributed by atoms with Gasteiger partial charge < -0.3 is 10.1 Å². The summed E-state index contributed by atoms with van der Waals surface area (Å²) in [7, 11) is 3.55. The van der Waals surface area contributed by atoms with Gasteiger partial charge >= 0.3 is 0 Å². The van der Waals surface area contributed by atoms with Crippen molar-refractivity contribution in [1.29, 1.82) is 0 Å². The molecular formula is C13H17ClN4O. The monoisotopic (exact) mass is 280 g/mol. The zero-order chi connectivity index (χ0) is 13.8. The molecule has 19 heavy (non-hydrogen) atoms. The Labute approximate surface area is 117 Å². The fourth-order valence-corrected chi connectivity index (χ4v) is 1.92. The molecule has 0 amide bonds. The Balaban J connectivity index is 2.27. The molecule has 2 heterocycles. The molecule has 5 nitrogen and oxygen atoms in total. The lowest BCUT2D eigenvalue weighted by molar-refractivity contribution is 0.416. The maximum Gasteiger partial charge on any atom is 0.132 e. The van der Waals surface area contributed by atoms with Crippen LogP contribution in [0.3, 0.4) is 0 Å². The third-order valence-electron chi connectivity index (χ3n) is 2.95. The van der Waals surface area contributed by atoms with E-state index in [-0.39, 0.29) is 0 Å². The summed E-state index contributed by atoms with van der Waals surface area (Å²) in [5.41, 5.74) is 1.85. The molecule has 0 spiro atoms. The van der Waals surface area contributed by atoms with E-state index < -0.39 is 0 Å². The van der Waals surface area contributed by atoms with Crippen LogP contribution < -0.4 is 10.1 Å². The van der Waals surface area contributed by atoms with Crippen LogP contribution in [0.4, 0.5) is 0 Å². The molecule has 2 aromatic heterocycles. The van der Waals surface area contributed by atoms with E-state index >= 15 is 0 Å². The van der Waals surface area contributed by atoms with Gasteiger partial charge in [0.15, 0.2) is 0 Å². The van der Waals surface area contributed by atoms with Gasteiger partial charge in [0.2, 0.25) is 0 Å².